The van der Waals surface area contributed by atoms with Crippen molar-refractivity contribution in [1.82, 2.24) is 4.90 Å². The molecule has 1 aromatic carbocycles. The molecule has 2 N–H and O–H groups in total. The highest BCUT2D eigenvalue weighted by molar-refractivity contribution is 5.81. The smallest absolute Gasteiger partial charge is 0.241 e. The molecule has 0 radical (unpaired) electrons. The van der Waals surface area contributed by atoms with Gasteiger partial charge in [0.25, 0.3) is 0 Å². The van der Waals surface area contributed by atoms with Gasteiger partial charge in [0.2, 0.25) is 5.91 Å². The molecule has 100 valence electrons. The fourth-order valence-corrected chi connectivity index (χ4v) is 1.59. The number of rotatable bonds is 6. The summed E-state index contributed by atoms with van der Waals surface area (Å²) in [7, 11) is 3.20. The number of nitrogens with two attached hydrogens (primary N) is 1. The largest absolute Gasteiger partial charge is 0.383 e. The van der Waals surface area contributed by atoms with Gasteiger partial charge in [-0.1, -0.05) is 12.1 Å². The number of halogens is 1. The lowest BCUT2D eigenvalue weighted by atomic mass is 10.1. The second-order valence-electron chi connectivity index (χ2n) is 4.20. The van der Waals surface area contributed by atoms with Gasteiger partial charge in [0.1, 0.15) is 11.9 Å². The van der Waals surface area contributed by atoms with Crippen LogP contribution in [0.5, 0.6) is 0 Å². The SMILES string of the molecule is COCC(N)C(=O)N(C)CCc1ccc(F)cc1. The molecule has 0 bridgehead atoms. The maximum absolute atomic E-state index is 12.7. The van der Waals surface area contributed by atoms with Crippen molar-refractivity contribution in [2.75, 3.05) is 27.3 Å². The first-order valence-corrected chi connectivity index (χ1v) is 5.78. The van der Waals surface area contributed by atoms with E-state index in [1.807, 2.05) is 0 Å². The van der Waals surface area contributed by atoms with Crippen LogP contribution < -0.4 is 5.73 Å². The fraction of sp³-hybridized carbons (Fsp3) is 0.462. The third kappa shape index (κ3) is 4.43. The Bertz CT molecular complexity index is 381. The van der Waals surface area contributed by atoms with Gasteiger partial charge in [-0.15, -0.1) is 0 Å². The van der Waals surface area contributed by atoms with E-state index in [2.05, 4.69) is 0 Å². The van der Waals surface area contributed by atoms with Crippen molar-refractivity contribution in [2.24, 2.45) is 5.73 Å². The monoisotopic (exact) mass is 254 g/mol. The molecular formula is C13H19FN2O2. The summed E-state index contributed by atoms with van der Waals surface area (Å²) in [5.41, 5.74) is 6.63. The van der Waals surface area contributed by atoms with E-state index in [0.717, 1.165) is 5.56 Å². The lowest BCUT2D eigenvalue weighted by molar-refractivity contribution is -0.132. The lowest BCUT2D eigenvalue weighted by Gasteiger charge is -2.20. The van der Waals surface area contributed by atoms with E-state index in [4.69, 9.17) is 10.5 Å². The molecule has 1 rings (SSSR count). The summed E-state index contributed by atoms with van der Waals surface area (Å²) < 4.78 is 17.5. The number of carbonyl (C=O) groups is 1. The summed E-state index contributed by atoms with van der Waals surface area (Å²) in [5, 5.41) is 0. The van der Waals surface area contributed by atoms with Crippen molar-refractivity contribution in [2.45, 2.75) is 12.5 Å². The van der Waals surface area contributed by atoms with Crippen molar-refractivity contribution in [3.63, 3.8) is 0 Å². The number of likely N-dealkylation sites (N-methyl/N-ethyl adjacent to an activating group) is 1. The van der Waals surface area contributed by atoms with Crippen LogP contribution in [0, 0.1) is 5.82 Å². The normalized spacial score (nSPS) is 12.2. The minimum atomic E-state index is -0.631. The summed E-state index contributed by atoms with van der Waals surface area (Å²) in [5.74, 6) is -0.413. The van der Waals surface area contributed by atoms with E-state index in [-0.39, 0.29) is 18.3 Å². The maximum atomic E-state index is 12.7. The molecule has 0 aliphatic heterocycles. The second kappa shape index (κ2) is 7.08. The van der Waals surface area contributed by atoms with Crippen LogP contribution in [0.2, 0.25) is 0 Å². The van der Waals surface area contributed by atoms with Crippen LogP contribution >= 0.6 is 0 Å². The molecule has 0 saturated heterocycles. The van der Waals surface area contributed by atoms with Gasteiger partial charge in [-0.25, -0.2) is 4.39 Å². The number of nitrogens with zero attached hydrogens (tertiary/aromatic N) is 1. The third-order valence-corrected chi connectivity index (χ3v) is 2.69. The topological polar surface area (TPSA) is 55.6 Å². The van der Waals surface area contributed by atoms with Crippen molar-refractivity contribution in [1.29, 1.82) is 0 Å². The highest BCUT2D eigenvalue weighted by Gasteiger charge is 2.17. The molecule has 0 spiro atoms. The number of hydrogen-bond donors (Lipinski definition) is 1. The number of carbonyl (C=O) groups excluding carboxylic acids is 1. The van der Waals surface area contributed by atoms with Gasteiger partial charge in [-0.05, 0) is 24.1 Å². The van der Waals surface area contributed by atoms with E-state index in [9.17, 15) is 9.18 Å². The van der Waals surface area contributed by atoms with Crippen LogP contribution in [0.4, 0.5) is 4.39 Å². The third-order valence-electron chi connectivity index (χ3n) is 2.69. The first kappa shape index (κ1) is 14.6. The zero-order valence-corrected chi connectivity index (χ0v) is 10.7. The van der Waals surface area contributed by atoms with Crippen LogP contribution in [-0.4, -0.2) is 44.2 Å². The molecule has 4 nitrogen and oxygen atoms in total. The zero-order valence-electron chi connectivity index (χ0n) is 10.7. The summed E-state index contributed by atoms with van der Waals surface area (Å²) >= 11 is 0. The van der Waals surface area contributed by atoms with E-state index in [0.29, 0.717) is 13.0 Å². The van der Waals surface area contributed by atoms with Crippen molar-refractivity contribution in [3.05, 3.63) is 35.6 Å². The number of benzene rings is 1. The Morgan fingerprint density at radius 2 is 2.06 bits per heavy atom. The van der Waals surface area contributed by atoms with Crippen molar-refractivity contribution in [3.8, 4) is 0 Å². The van der Waals surface area contributed by atoms with E-state index in [1.54, 1.807) is 24.1 Å². The van der Waals surface area contributed by atoms with Crippen LogP contribution in [0.15, 0.2) is 24.3 Å². The Hall–Kier alpha value is -1.46. The molecule has 0 aliphatic carbocycles. The first-order chi connectivity index (χ1) is 8.54. The second-order valence-corrected chi connectivity index (χ2v) is 4.20. The quantitative estimate of drug-likeness (QED) is 0.817. The molecule has 5 heteroatoms. The van der Waals surface area contributed by atoms with Crippen LogP contribution in [0.1, 0.15) is 5.56 Å². The molecule has 0 saturated carbocycles. The van der Waals surface area contributed by atoms with Gasteiger partial charge < -0.3 is 15.4 Å². The van der Waals surface area contributed by atoms with Gasteiger partial charge in [-0.2, -0.15) is 0 Å². The molecule has 18 heavy (non-hydrogen) atoms. The van der Waals surface area contributed by atoms with Gasteiger partial charge in [-0.3, -0.25) is 4.79 Å². The Balaban J connectivity index is 2.43. The molecule has 1 atom stereocenters. The van der Waals surface area contributed by atoms with Crippen LogP contribution in [0.25, 0.3) is 0 Å². The van der Waals surface area contributed by atoms with E-state index in [1.165, 1.54) is 19.2 Å². The molecule has 0 fully saturated rings. The molecule has 0 aromatic heterocycles. The predicted molar refractivity (Wildman–Crippen MR) is 67.6 cm³/mol. The molecule has 0 aliphatic rings. The summed E-state index contributed by atoms with van der Waals surface area (Å²) in [6.45, 7) is 0.752. The van der Waals surface area contributed by atoms with Gasteiger partial charge in [0, 0.05) is 20.7 Å². The molecule has 1 amide bonds. The van der Waals surface area contributed by atoms with Crippen molar-refractivity contribution >= 4 is 5.91 Å². The number of hydrogen-bond acceptors (Lipinski definition) is 3. The molecule has 0 heterocycles. The number of amides is 1. The van der Waals surface area contributed by atoms with Gasteiger partial charge >= 0.3 is 0 Å². The average Bonchev–Trinajstić information content (AvgIpc) is 2.37. The Labute approximate surface area is 107 Å². The highest BCUT2D eigenvalue weighted by Crippen LogP contribution is 2.04. The highest BCUT2D eigenvalue weighted by atomic mass is 19.1. The van der Waals surface area contributed by atoms with Crippen molar-refractivity contribution < 1.29 is 13.9 Å². The molecule has 1 aromatic rings. The lowest BCUT2D eigenvalue weighted by Crippen LogP contribution is -2.45. The standard InChI is InChI=1S/C13H19FN2O2/c1-16(13(17)12(15)9-18-2)8-7-10-3-5-11(14)6-4-10/h3-6,12H,7-9,15H2,1-2H3. The molecular weight excluding hydrogens is 235 g/mol. The number of ether oxygens (including phenoxy) is 1. The molecule has 1 unspecified atom stereocenters. The minimum Gasteiger partial charge on any atom is -0.383 e. The summed E-state index contributed by atoms with van der Waals surface area (Å²) in [6.07, 6.45) is 0.669. The Morgan fingerprint density at radius 1 is 1.44 bits per heavy atom. The fourth-order valence-electron chi connectivity index (χ4n) is 1.59. The average molecular weight is 254 g/mol. The maximum Gasteiger partial charge on any atom is 0.241 e. The van der Waals surface area contributed by atoms with E-state index >= 15 is 0 Å². The van der Waals surface area contributed by atoms with Gasteiger partial charge in [0.15, 0.2) is 0 Å². The number of methoxy groups -OCH3 is 1. The zero-order chi connectivity index (χ0) is 13.5. The Morgan fingerprint density at radius 3 is 2.61 bits per heavy atom. The summed E-state index contributed by atoms with van der Waals surface area (Å²) in [6, 6.07) is 5.61. The van der Waals surface area contributed by atoms with Gasteiger partial charge in [0.05, 0.1) is 6.61 Å². The Kier molecular flexibility index (Phi) is 5.74. The van der Waals surface area contributed by atoms with Crippen LogP contribution in [0.3, 0.4) is 0 Å². The first-order valence-electron chi connectivity index (χ1n) is 5.78. The minimum absolute atomic E-state index is 0.154. The van der Waals surface area contributed by atoms with E-state index < -0.39 is 6.04 Å². The van der Waals surface area contributed by atoms with Crippen LogP contribution in [-0.2, 0) is 16.0 Å². The summed E-state index contributed by atoms with van der Waals surface area (Å²) in [4.78, 5) is 13.3. The predicted octanol–water partition coefficient (Wildman–Crippen LogP) is 0.800.